The van der Waals surface area contributed by atoms with Crippen LogP contribution < -0.4 is 5.32 Å². The summed E-state index contributed by atoms with van der Waals surface area (Å²) in [6.07, 6.45) is 11.3. The zero-order valence-corrected chi connectivity index (χ0v) is 9.45. The van der Waals surface area contributed by atoms with E-state index in [1.54, 1.807) is 0 Å². The summed E-state index contributed by atoms with van der Waals surface area (Å²) < 4.78 is 0. The average molecular weight is 215 g/mol. The molecule has 0 bridgehead atoms. The normalized spacial score (nSPS) is 21.4. The molecule has 3 nitrogen and oxygen atoms in total. The molecule has 1 aliphatic carbocycles. The van der Waals surface area contributed by atoms with Crippen LogP contribution >= 0.6 is 0 Å². The van der Waals surface area contributed by atoms with Crippen molar-refractivity contribution in [1.29, 1.82) is 0 Å². The van der Waals surface area contributed by atoms with Crippen molar-refractivity contribution >= 4 is 5.57 Å². The van der Waals surface area contributed by atoms with Crippen LogP contribution in [-0.2, 0) is 0 Å². The Morgan fingerprint density at radius 1 is 1.19 bits per heavy atom. The fraction of sp³-hybridized carbons (Fsp3) is 0.538. The van der Waals surface area contributed by atoms with Crippen molar-refractivity contribution in [3.05, 3.63) is 29.9 Å². The fourth-order valence-corrected chi connectivity index (χ4v) is 2.28. The Balaban J connectivity index is 1.78. The Bertz CT molecular complexity index is 390. The molecular weight excluding hydrogens is 198 g/mol. The number of aromatic nitrogens is 2. The molecule has 2 aliphatic rings. The monoisotopic (exact) mass is 215 g/mol. The molecule has 1 aliphatic heterocycles. The number of hydrogen-bond donors (Lipinski definition) is 1. The van der Waals surface area contributed by atoms with Gasteiger partial charge in [-0.2, -0.15) is 0 Å². The van der Waals surface area contributed by atoms with Crippen molar-refractivity contribution in [2.24, 2.45) is 0 Å². The van der Waals surface area contributed by atoms with E-state index in [0.29, 0.717) is 0 Å². The van der Waals surface area contributed by atoms with E-state index in [4.69, 9.17) is 0 Å². The Labute approximate surface area is 96.0 Å². The third-order valence-electron chi connectivity index (χ3n) is 3.60. The van der Waals surface area contributed by atoms with Crippen LogP contribution in [0, 0.1) is 0 Å². The van der Waals surface area contributed by atoms with Gasteiger partial charge in [0.1, 0.15) is 0 Å². The van der Waals surface area contributed by atoms with Gasteiger partial charge in [-0.1, -0.05) is 12.5 Å². The zero-order chi connectivity index (χ0) is 10.8. The number of nitrogens with zero attached hydrogens (tertiary/aromatic N) is 2. The van der Waals surface area contributed by atoms with Gasteiger partial charge in [0.2, 0.25) is 0 Å². The molecule has 1 aromatic rings. The standard InChI is InChI=1S/C13H17N3/c1-2-10(3-1)12-8-15-13(16-9-12)11-4-6-14-7-5-11/h4,8-10,14H,1-3,5-7H2. The third kappa shape index (κ3) is 1.87. The topological polar surface area (TPSA) is 37.8 Å². The highest BCUT2D eigenvalue weighted by atomic mass is 14.9. The smallest absolute Gasteiger partial charge is 0.154 e. The minimum atomic E-state index is 0.732. The summed E-state index contributed by atoms with van der Waals surface area (Å²) in [5.74, 6) is 1.65. The zero-order valence-electron chi connectivity index (χ0n) is 9.45. The first-order valence-electron chi connectivity index (χ1n) is 6.15. The van der Waals surface area contributed by atoms with Gasteiger partial charge in [-0.05, 0) is 42.9 Å². The highest BCUT2D eigenvalue weighted by Gasteiger charge is 2.20. The Morgan fingerprint density at radius 3 is 2.56 bits per heavy atom. The van der Waals surface area contributed by atoms with Gasteiger partial charge >= 0.3 is 0 Å². The Hall–Kier alpha value is -1.22. The summed E-state index contributed by atoms with van der Waals surface area (Å²) in [4.78, 5) is 9.00. The van der Waals surface area contributed by atoms with E-state index in [1.807, 2.05) is 12.4 Å². The van der Waals surface area contributed by atoms with Crippen LogP contribution in [0.15, 0.2) is 18.5 Å². The highest BCUT2D eigenvalue weighted by Crippen LogP contribution is 2.35. The Morgan fingerprint density at radius 2 is 2.00 bits per heavy atom. The third-order valence-corrected chi connectivity index (χ3v) is 3.60. The maximum Gasteiger partial charge on any atom is 0.154 e. The van der Waals surface area contributed by atoms with Gasteiger partial charge < -0.3 is 5.32 Å². The van der Waals surface area contributed by atoms with E-state index in [9.17, 15) is 0 Å². The molecule has 0 atom stereocenters. The first kappa shape index (κ1) is 9.97. The van der Waals surface area contributed by atoms with E-state index in [-0.39, 0.29) is 0 Å². The molecule has 0 spiro atoms. The lowest BCUT2D eigenvalue weighted by Crippen LogP contribution is -2.20. The quantitative estimate of drug-likeness (QED) is 0.821. The molecule has 16 heavy (non-hydrogen) atoms. The van der Waals surface area contributed by atoms with E-state index >= 15 is 0 Å². The molecule has 1 aromatic heterocycles. The first-order chi connectivity index (χ1) is 7.93. The summed E-state index contributed by atoms with van der Waals surface area (Å²) in [5, 5.41) is 3.30. The van der Waals surface area contributed by atoms with Crippen LogP contribution in [0.3, 0.4) is 0 Å². The van der Waals surface area contributed by atoms with Crippen LogP contribution in [0.4, 0.5) is 0 Å². The van der Waals surface area contributed by atoms with Crippen molar-refractivity contribution in [2.75, 3.05) is 13.1 Å². The van der Waals surface area contributed by atoms with E-state index in [0.717, 1.165) is 31.3 Å². The maximum absolute atomic E-state index is 4.50. The van der Waals surface area contributed by atoms with Crippen LogP contribution in [0.1, 0.15) is 43.0 Å². The summed E-state index contributed by atoms with van der Waals surface area (Å²) in [6, 6.07) is 0. The van der Waals surface area contributed by atoms with E-state index in [1.165, 1.54) is 30.4 Å². The molecule has 3 rings (SSSR count). The average Bonchev–Trinajstić information content (AvgIpc) is 2.29. The van der Waals surface area contributed by atoms with Gasteiger partial charge in [0.15, 0.2) is 5.82 Å². The minimum Gasteiger partial charge on any atom is -0.313 e. The number of hydrogen-bond acceptors (Lipinski definition) is 3. The highest BCUT2D eigenvalue weighted by molar-refractivity contribution is 5.60. The predicted octanol–water partition coefficient (Wildman–Crippen LogP) is 2.12. The van der Waals surface area contributed by atoms with Crippen LogP contribution in [0.5, 0.6) is 0 Å². The van der Waals surface area contributed by atoms with Crippen LogP contribution in [0.2, 0.25) is 0 Å². The largest absolute Gasteiger partial charge is 0.313 e. The molecule has 2 heterocycles. The molecule has 0 aromatic carbocycles. The van der Waals surface area contributed by atoms with Gasteiger partial charge in [-0.25, -0.2) is 9.97 Å². The molecule has 84 valence electrons. The summed E-state index contributed by atoms with van der Waals surface area (Å²) in [5.41, 5.74) is 2.61. The van der Waals surface area contributed by atoms with E-state index in [2.05, 4.69) is 21.4 Å². The molecule has 3 heteroatoms. The number of rotatable bonds is 2. The van der Waals surface area contributed by atoms with Crippen molar-refractivity contribution in [3.8, 4) is 0 Å². The molecular formula is C13H17N3. The van der Waals surface area contributed by atoms with Crippen LogP contribution in [-0.4, -0.2) is 23.1 Å². The molecule has 1 N–H and O–H groups in total. The maximum atomic E-state index is 4.50. The first-order valence-corrected chi connectivity index (χ1v) is 6.15. The van der Waals surface area contributed by atoms with Gasteiger partial charge in [0, 0.05) is 18.9 Å². The fourth-order valence-electron chi connectivity index (χ4n) is 2.28. The SMILES string of the molecule is C1=C(c2ncc(C3CCC3)cn2)CCNC1. The molecule has 0 saturated heterocycles. The summed E-state index contributed by atoms with van der Waals surface area (Å²) >= 11 is 0. The van der Waals surface area contributed by atoms with Crippen molar-refractivity contribution in [2.45, 2.75) is 31.6 Å². The lowest BCUT2D eigenvalue weighted by atomic mass is 9.81. The molecule has 0 radical (unpaired) electrons. The van der Waals surface area contributed by atoms with E-state index < -0.39 is 0 Å². The summed E-state index contributed by atoms with van der Waals surface area (Å²) in [6.45, 7) is 1.99. The summed E-state index contributed by atoms with van der Waals surface area (Å²) in [7, 11) is 0. The van der Waals surface area contributed by atoms with Crippen molar-refractivity contribution in [1.82, 2.24) is 15.3 Å². The molecule has 0 unspecified atom stereocenters. The molecule has 1 fully saturated rings. The molecule has 0 amide bonds. The van der Waals surface area contributed by atoms with Crippen molar-refractivity contribution < 1.29 is 0 Å². The van der Waals surface area contributed by atoms with Gasteiger partial charge in [-0.15, -0.1) is 0 Å². The van der Waals surface area contributed by atoms with Gasteiger partial charge in [0.05, 0.1) is 0 Å². The lowest BCUT2D eigenvalue weighted by Gasteiger charge is -2.25. The second-order valence-corrected chi connectivity index (χ2v) is 4.65. The second kappa shape index (κ2) is 4.34. The lowest BCUT2D eigenvalue weighted by molar-refractivity contribution is 0.417. The van der Waals surface area contributed by atoms with Gasteiger partial charge in [-0.3, -0.25) is 0 Å². The van der Waals surface area contributed by atoms with Crippen LogP contribution in [0.25, 0.3) is 5.57 Å². The Kier molecular flexibility index (Phi) is 2.70. The predicted molar refractivity (Wildman–Crippen MR) is 64.1 cm³/mol. The minimum absolute atomic E-state index is 0.732. The second-order valence-electron chi connectivity index (χ2n) is 4.65. The van der Waals surface area contributed by atoms with Crippen molar-refractivity contribution in [3.63, 3.8) is 0 Å². The molecule has 1 saturated carbocycles. The van der Waals surface area contributed by atoms with Gasteiger partial charge in [0.25, 0.3) is 0 Å². The number of nitrogens with one attached hydrogen (secondary N) is 1.